The van der Waals surface area contributed by atoms with E-state index in [1.54, 1.807) is 12.0 Å². The highest BCUT2D eigenvalue weighted by Gasteiger charge is 2.26. The third-order valence-corrected chi connectivity index (χ3v) is 7.76. The maximum Gasteiger partial charge on any atom is 0.122 e. The molecule has 40 heavy (non-hydrogen) atoms. The van der Waals surface area contributed by atoms with Gasteiger partial charge in [-0.2, -0.15) is 0 Å². The fourth-order valence-corrected chi connectivity index (χ4v) is 5.24. The van der Waals surface area contributed by atoms with E-state index < -0.39 is 0 Å². The van der Waals surface area contributed by atoms with E-state index in [0.717, 1.165) is 37.9 Å². The lowest BCUT2D eigenvalue weighted by molar-refractivity contribution is 0.0609. The van der Waals surface area contributed by atoms with Gasteiger partial charge in [0.25, 0.3) is 0 Å². The van der Waals surface area contributed by atoms with E-state index in [2.05, 4.69) is 72.2 Å². The third kappa shape index (κ3) is 21.9. The van der Waals surface area contributed by atoms with Crippen LogP contribution < -0.4 is 0 Å². The fourth-order valence-electron chi connectivity index (χ4n) is 3.51. The number of rotatable bonds is 21. The molecule has 0 unspecified atom stereocenters. The molecule has 0 heterocycles. The molecule has 0 atom stereocenters. The van der Waals surface area contributed by atoms with Crippen molar-refractivity contribution in [3.05, 3.63) is 97.6 Å². The second kappa shape index (κ2) is 19.3. The number of allylic oxidation sites excluding steroid dienone is 10. The largest absolute Gasteiger partial charge is 0.492 e. The second-order valence-corrected chi connectivity index (χ2v) is 15.2. The average molecular weight is 589 g/mol. The van der Waals surface area contributed by atoms with Gasteiger partial charge in [0, 0.05) is 4.75 Å². The first-order chi connectivity index (χ1) is 18.5. The van der Waals surface area contributed by atoms with Crippen LogP contribution in [0.15, 0.2) is 97.6 Å². The monoisotopic (exact) mass is 588 g/mol. The summed E-state index contributed by atoms with van der Waals surface area (Å²) < 4.78 is 17.7. The van der Waals surface area contributed by atoms with E-state index >= 15 is 0 Å². The highest BCUT2D eigenvalue weighted by atomic mass is 32.2. The first-order valence-electron chi connectivity index (χ1n) is 14.2. The molecule has 0 aromatic carbocycles. The first kappa shape index (κ1) is 38.2. The van der Waals surface area contributed by atoms with Crippen molar-refractivity contribution >= 4 is 23.8 Å². The Hall–Kier alpha value is -1.82. The molecule has 0 amide bonds. The Bertz CT molecular complexity index is 925. The minimum Gasteiger partial charge on any atom is -0.492 e. The summed E-state index contributed by atoms with van der Waals surface area (Å²) in [6.45, 7) is 34.5. The van der Waals surface area contributed by atoms with Crippen molar-refractivity contribution in [2.24, 2.45) is 0 Å². The molecule has 0 bridgehead atoms. The maximum absolute atomic E-state index is 6.33. The van der Waals surface area contributed by atoms with Gasteiger partial charge in [0.15, 0.2) is 0 Å². The summed E-state index contributed by atoms with van der Waals surface area (Å²) in [5.74, 6) is 2.34. The molecule has 3 nitrogen and oxygen atoms in total. The molecule has 0 spiro atoms. The van der Waals surface area contributed by atoms with Crippen LogP contribution in [-0.4, -0.2) is 27.1 Å². The van der Waals surface area contributed by atoms with E-state index in [-0.39, 0.29) is 21.4 Å². The number of hydrogen-bond acceptors (Lipinski definition) is 5. The van der Waals surface area contributed by atoms with E-state index in [9.17, 15) is 0 Å². The van der Waals surface area contributed by atoms with Gasteiger partial charge in [-0.05, 0) is 136 Å². The van der Waals surface area contributed by atoms with E-state index in [1.165, 1.54) is 11.1 Å². The lowest BCUT2D eigenvalue weighted by atomic mass is 10.0. The summed E-state index contributed by atoms with van der Waals surface area (Å²) >= 11 is 3.44. The Morgan fingerprint density at radius 2 is 1.30 bits per heavy atom. The summed E-state index contributed by atoms with van der Waals surface area (Å²) in [5, 5.41) is 0. The van der Waals surface area contributed by atoms with E-state index in [0.29, 0.717) is 11.5 Å². The minimum atomic E-state index is -0.275. The molecule has 0 radical (unpaired) electrons. The Morgan fingerprint density at radius 1 is 0.775 bits per heavy atom. The quantitative estimate of drug-likeness (QED) is 0.0437. The first-order valence-corrected chi connectivity index (χ1v) is 15.9. The number of thioether (sulfide) groups is 1. The zero-order valence-corrected chi connectivity index (χ0v) is 28.4. The fraction of sp³-hybridized carbons (Fsp3) is 0.543. The summed E-state index contributed by atoms with van der Waals surface area (Å²) in [7, 11) is 0. The Labute approximate surface area is 255 Å². The highest BCUT2D eigenvalue weighted by molar-refractivity contribution is 8.01. The predicted molar refractivity (Wildman–Crippen MR) is 183 cm³/mol. The summed E-state index contributed by atoms with van der Waals surface area (Å²) in [6.07, 6.45) is 21.0. The molecule has 0 aliphatic rings. The molecule has 0 aliphatic heterocycles. The molecule has 0 aromatic heterocycles. The third-order valence-electron chi connectivity index (χ3n) is 5.23. The van der Waals surface area contributed by atoms with Gasteiger partial charge in [-0.1, -0.05) is 62.8 Å². The van der Waals surface area contributed by atoms with Crippen LogP contribution in [0.1, 0.15) is 94.4 Å². The van der Waals surface area contributed by atoms with Crippen LogP contribution in [0.5, 0.6) is 0 Å². The summed E-state index contributed by atoms with van der Waals surface area (Å²) in [4.78, 5) is -0.275. The minimum absolute atomic E-state index is 0.00731. The van der Waals surface area contributed by atoms with Crippen molar-refractivity contribution in [3.63, 3.8) is 0 Å². The van der Waals surface area contributed by atoms with Crippen molar-refractivity contribution in [2.45, 2.75) is 116 Å². The highest BCUT2D eigenvalue weighted by Crippen LogP contribution is 2.39. The van der Waals surface area contributed by atoms with Crippen LogP contribution in [0.2, 0.25) is 0 Å². The van der Waals surface area contributed by atoms with Gasteiger partial charge < -0.3 is 9.47 Å². The van der Waals surface area contributed by atoms with Crippen LogP contribution in [0.3, 0.4) is 0 Å². The maximum atomic E-state index is 6.33. The molecule has 0 rings (SSSR count). The van der Waals surface area contributed by atoms with Gasteiger partial charge in [0.05, 0.1) is 6.10 Å². The van der Waals surface area contributed by atoms with Crippen molar-refractivity contribution in [1.29, 1.82) is 0 Å². The molecular formula is C35H56O3S2. The second-order valence-electron chi connectivity index (χ2n) is 12.1. The Morgan fingerprint density at radius 3 is 1.80 bits per heavy atom. The van der Waals surface area contributed by atoms with Gasteiger partial charge >= 0.3 is 0 Å². The number of ether oxygens (including phenoxy) is 2. The Kier molecular flexibility index (Phi) is 18.4. The number of hydrogen-bond donors (Lipinski definition) is 0. The molecule has 0 aromatic rings. The smallest absolute Gasteiger partial charge is 0.122 e. The van der Waals surface area contributed by atoms with Gasteiger partial charge in [-0.15, -0.1) is 11.8 Å². The molecule has 226 valence electrons. The van der Waals surface area contributed by atoms with Gasteiger partial charge in [-0.3, -0.25) is 4.18 Å². The topological polar surface area (TPSA) is 27.7 Å². The van der Waals surface area contributed by atoms with Crippen LogP contribution >= 0.6 is 23.8 Å². The Balaban J connectivity index is 4.64. The molecule has 0 N–H and O–H groups in total. The normalized spacial score (nSPS) is 13.8. The lowest BCUT2D eigenvalue weighted by Crippen LogP contribution is -2.23. The van der Waals surface area contributed by atoms with Crippen molar-refractivity contribution in [1.82, 2.24) is 0 Å². The molecule has 5 heteroatoms. The van der Waals surface area contributed by atoms with Crippen LogP contribution in [0.25, 0.3) is 0 Å². The SMILES string of the molecule is C=C/C=C(\C=C/C(=C)OC(C)(C)C)CCCSC(C)(C)OSC(C)(C)CCCC(/C=C\C(=C)OC(C)C)=C/C=C. The van der Waals surface area contributed by atoms with Gasteiger partial charge in [-0.25, -0.2) is 0 Å². The predicted octanol–water partition coefficient (Wildman–Crippen LogP) is 11.5. The van der Waals surface area contributed by atoms with Crippen molar-refractivity contribution < 1.29 is 13.7 Å². The van der Waals surface area contributed by atoms with E-state index in [1.807, 2.05) is 76.8 Å². The van der Waals surface area contributed by atoms with E-state index in [4.69, 9.17) is 13.7 Å². The van der Waals surface area contributed by atoms with Crippen molar-refractivity contribution in [3.8, 4) is 0 Å². The molecule has 0 saturated heterocycles. The van der Waals surface area contributed by atoms with Crippen LogP contribution in [-0.2, 0) is 13.7 Å². The lowest BCUT2D eigenvalue weighted by Gasteiger charge is -2.30. The molecule has 0 fully saturated rings. The molecular weight excluding hydrogens is 533 g/mol. The standard InChI is InChI=1S/C35H56O3S2/c1-14-18-31(24-22-29(5)36-28(3)4)20-16-26-34(10,11)40-38-35(12,13)39-27-17-21-32(19-15-2)25-23-30(6)37-33(7,8)9/h14-15,18-19,22-25,28H,1-2,5-6,16-17,20-21,26-27H2,3-4,7-13H3/b24-22-,25-23-,31-18-,32-19-. The zero-order valence-electron chi connectivity index (χ0n) is 26.8. The van der Waals surface area contributed by atoms with Crippen LogP contribution in [0, 0.1) is 0 Å². The van der Waals surface area contributed by atoms with Crippen LogP contribution in [0.4, 0.5) is 0 Å². The summed E-state index contributed by atoms with van der Waals surface area (Å²) in [6, 6.07) is 0. The molecule has 0 saturated carbocycles. The van der Waals surface area contributed by atoms with Gasteiger partial charge in [0.2, 0.25) is 0 Å². The molecule has 0 aliphatic carbocycles. The van der Waals surface area contributed by atoms with Gasteiger partial charge in [0.1, 0.15) is 22.1 Å². The average Bonchev–Trinajstić information content (AvgIpc) is 2.81. The zero-order chi connectivity index (χ0) is 30.8. The van der Waals surface area contributed by atoms with Crippen molar-refractivity contribution in [2.75, 3.05) is 5.75 Å². The summed E-state index contributed by atoms with van der Waals surface area (Å²) in [5.41, 5.74) is 2.17.